The molecule has 0 bridgehead atoms. The van der Waals surface area contributed by atoms with Crippen molar-refractivity contribution in [3.63, 3.8) is 0 Å². The lowest BCUT2D eigenvalue weighted by atomic mass is 10.0. The Balaban J connectivity index is 1.77. The maximum Gasteiger partial charge on any atom is 0.405 e. The van der Waals surface area contributed by atoms with Crippen LogP contribution in [0.25, 0.3) is 5.57 Å². The SMILES string of the molecule is CC(C)C[C@@H](Nc1ccnc(C2=CNC3NC=C(Cl)C=C23)n1)C(=O)NCC(F)(F)F. The van der Waals surface area contributed by atoms with Crippen LogP contribution < -0.4 is 21.3 Å². The second-order valence-corrected chi connectivity index (χ2v) is 7.81. The lowest BCUT2D eigenvalue weighted by molar-refractivity contribution is -0.139. The van der Waals surface area contributed by atoms with Crippen molar-refractivity contribution in [3.05, 3.63) is 47.2 Å². The molecule has 1 aromatic rings. The Bertz CT molecular complexity index is 897. The Labute approximate surface area is 176 Å². The minimum Gasteiger partial charge on any atom is -0.367 e. The van der Waals surface area contributed by atoms with Gasteiger partial charge in [-0.15, -0.1) is 0 Å². The molecule has 2 aliphatic heterocycles. The molecule has 30 heavy (non-hydrogen) atoms. The summed E-state index contributed by atoms with van der Waals surface area (Å²) in [5, 5.41) is 11.6. The molecule has 0 saturated heterocycles. The third kappa shape index (κ3) is 5.65. The molecule has 0 fully saturated rings. The predicted molar refractivity (Wildman–Crippen MR) is 108 cm³/mol. The number of alkyl halides is 3. The maximum atomic E-state index is 12.5. The first-order valence-corrected chi connectivity index (χ1v) is 9.74. The molecule has 1 aromatic heterocycles. The Morgan fingerprint density at radius 2 is 2.03 bits per heavy atom. The number of dihydropyridines is 1. The van der Waals surface area contributed by atoms with E-state index in [0.717, 1.165) is 11.1 Å². The van der Waals surface area contributed by atoms with Crippen molar-refractivity contribution >= 4 is 28.9 Å². The van der Waals surface area contributed by atoms with E-state index in [9.17, 15) is 18.0 Å². The van der Waals surface area contributed by atoms with Crippen molar-refractivity contribution in [3.8, 4) is 0 Å². The monoisotopic (exact) mass is 442 g/mol. The first-order valence-electron chi connectivity index (χ1n) is 9.36. The molecule has 2 aliphatic rings. The van der Waals surface area contributed by atoms with Crippen LogP contribution in [0.5, 0.6) is 0 Å². The van der Waals surface area contributed by atoms with Crippen molar-refractivity contribution in [1.29, 1.82) is 0 Å². The van der Waals surface area contributed by atoms with Crippen LogP contribution in [0.2, 0.25) is 0 Å². The number of nitrogens with zero attached hydrogens (tertiary/aromatic N) is 2. The number of fused-ring (bicyclic) bond motifs is 1. The average molecular weight is 443 g/mol. The summed E-state index contributed by atoms with van der Waals surface area (Å²) >= 11 is 6.07. The number of nitrogens with one attached hydrogen (secondary N) is 4. The molecule has 0 aromatic carbocycles. The molecule has 11 heteroatoms. The van der Waals surface area contributed by atoms with Crippen LogP contribution in [-0.4, -0.2) is 40.8 Å². The number of allylic oxidation sites excluding steroid dienone is 2. The number of hydrogen-bond donors (Lipinski definition) is 4. The van der Waals surface area contributed by atoms with Gasteiger partial charge in [0.25, 0.3) is 0 Å². The largest absolute Gasteiger partial charge is 0.405 e. The van der Waals surface area contributed by atoms with E-state index in [2.05, 4.69) is 25.9 Å². The quantitative estimate of drug-likeness (QED) is 0.519. The van der Waals surface area contributed by atoms with Gasteiger partial charge in [-0.25, -0.2) is 9.97 Å². The number of carbonyl (C=O) groups excluding carboxylic acids is 1. The third-order valence-electron chi connectivity index (χ3n) is 4.40. The number of carbonyl (C=O) groups is 1. The van der Waals surface area contributed by atoms with Crippen LogP contribution in [0.4, 0.5) is 19.0 Å². The second-order valence-electron chi connectivity index (χ2n) is 7.38. The Morgan fingerprint density at radius 1 is 1.30 bits per heavy atom. The van der Waals surface area contributed by atoms with Gasteiger partial charge in [-0.05, 0) is 24.5 Å². The predicted octanol–water partition coefficient (Wildman–Crippen LogP) is 2.86. The van der Waals surface area contributed by atoms with Crippen LogP contribution in [0, 0.1) is 5.92 Å². The molecule has 1 unspecified atom stereocenters. The van der Waals surface area contributed by atoms with E-state index in [4.69, 9.17) is 11.6 Å². The van der Waals surface area contributed by atoms with Crippen LogP contribution in [0.1, 0.15) is 26.1 Å². The summed E-state index contributed by atoms with van der Waals surface area (Å²) in [4.78, 5) is 21.0. The molecule has 4 N–H and O–H groups in total. The number of amides is 1. The molecule has 162 valence electrons. The number of halogens is 4. The van der Waals surface area contributed by atoms with Crippen molar-refractivity contribution in [2.75, 3.05) is 11.9 Å². The maximum absolute atomic E-state index is 12.5. The fraction of sp³-hybridized carbons (Fsp3) is 0.421. The Morgan fingerprint density at radius 3 is 2.73 bits per heavy atom. The minimum absolute atomic E-state index is 0.0790. The highest BCUT2D eigenvalue weighted by atomic mass is 35.5. The third-order valence-corrected chi connectivity index (χ3v) is 4.62. The van der Waals surface area contributed by atoms with Crippen molar-refractivity contribution in [2.24, 2.45) is 5.92 Å². The van der Waals surface area contributed by atoms with Gasteiger partial charge >= 0.3 is 6.18 Å². The average Bonchev–Trinajstić information content (AvgIpc) is 3.08. The normalized spacial score (nSPS) is 19.0. The highest BCUT2D eigenvalue weighted by Crippen LogP contribution is 2.31. The zero-order valence-electron chi connectivity index (χ0n) is 16.3. The minimum atomic E-state index is -4.48. The molecule has 2 atom stereocenters. The van der Waals surface area contributed by atoms with Gasteiger partial charge in [0.15, 0.2) is 5.82 Å². The number of rotatable bonds is 7. The fourth-order valence-electron chi connectivity index (χ4n) is 3.10. The summed E-state index contributed by atoms with van der Waals surface area (Å²) in [7, 11) is 0. The van der Waals surface area contributed by atoms with Gasteiger partial charge in [0.2, 0.25) is 5.91 Å². The highest BCUT2D eigenvalue weighted by molar-refractivity contribution is 6.31. The molecule has 3 heterocycles. The summed E-state index contributed by atoms with van der Waals surface area (Å²) in [5.41, 5.74) is 1.59. The molecule has 0 saturated carbocycles. The van der Waals surface area contributed by atoms with Gasteiger partial charge in [0, 0.05) is 29.7 Å². The summed E-state index contributed by atoms with van der Waals surface area (Å²) in [6.45, 7) is 2.38. The van der Waals surface area contributed by atoms with E-state index < -0.39 is 24.7 Å². The topological polar surface area (TPSA) is 91.0 Å². The van der Waals surface area contributed by atoms with Crippen LogP contribution in [-0.2, 0) is 4.79 Å². The zero-order valence-corrected chi connectivity index (χ0v) is 17.1. The first-order chi connectivity index (χ1) is 14.1. The van der Waals surface area contributed by atoms with Gasteiger partial charge in [-0.3, -0.25) is 4.79 Å². The van der Waals surface area contributed by atoms with E-state index in [-0.39, 0.29) is 12.1 Å². The van der Waals surface area contributed by atoms with E-state index in [1.54, 1.807) is 24.5 Å². The van der Waals surface area contributed by atoms with Gasteiger partial charge in [0.05, 0.1) is 5.03 Å². The van der Waals surface area contributed by atoms with E-state index >= 15 is 0 Å². The smallest absolute Gasteiger partial charge is 0.367 e. The van der Waals surface area contributed by atoms with Crippen LogP contribution in [0.15, 0.2) is 41.3 Å². The number of hydrogen-bond acceptors (Lipinski definition) is 6. The van der Waals surface area contributed by atoms with Gasteiger partial charge in [0.1, 0.15) is 24.6 Å². The van der Waals surface area contributed by atoms with Crippen molar-refractivity contribution < 1.29 is 18.0 Å². The zero-order chi connectivity index (χ0) is 21.9. The molecule has 3 rings (SSSR count). The van der Waals surface area contributed by atoms with Crippen LogP contribution >= 0.6 is 11.6 Å². The molecular formula is C19H22ClF3N6O. The lowest BCUT2D eigenvalue weighted by Gasteiger charge is -2.22. The molecule has 7 nitrogen and oxygen atoms in total. The summed E-state index contributed by atoms with van der Waals surface area (Å²) in [5.74, 6) is 0.0750. The van der Waals surface area contributed by atoms with Crippen molar-refractivity contribution in [1.82, 2.24) is 25.9 Å². The van der Waals surface area contributed by atoms with E-state index in [1.807, 2.05) is 19.2 Å². The Hall–Kier alpha value is -2.75. The molecule has 0 radical (unpaired) electrons. The molecule has 1 amide bonds. The van der Waals surface area contributed by atoms with Crippen LogP contribution in [0.3, 0.4) is 0 Å². The molecule has 0 aliphatic carbocycles. The standard InChI is InChI=1S/C19H22ClF3N6O/c1-10(2)5-14(18(30)27-9-19(21,22)23)28-15-3-4-24-17(29-15)13-8-26-16-12(13)6-11(20)7-25-16/h3-4,6-8,10,14,16,25-26H,5,9H2,1-2H3,(H,27,30)(H,24,28,29)/t14-,16?/m1/s1. The summed E-state index contributed by atoms with van der Waals surface area (Å²) in [6, 6.07) is 0.695. The van der Waals surface area contributed by atoms with Crippen molar-refractivity contribution in [2.45, 2.75) is 38.7 Å². The van der Waals surface area contributed by atoms with Gasteiger partial charge in [-0.1, -0.05) is 25.4 Å². The van der Waals surface area contributed by atoms with E-state index in [1.165, 1.54) is 6.20 Å². The number of aromatic nitrogens is 2. The van der Waals surface area contributed by atoms with E-state index in [0.29, 0.717) is 23.1 Å². The summed E-state index contributed by atoms with van der Waals surface area (Å²) < 4.78 is 37.4. The Kier molecular flexibility index (Phi) is 6.55. The molecular weight excluding hydrogens is 421 g/mol. The fourth-order valence-corrected chi connectivity index (χ4v) is 3.28. The second kappa shape index (κ2) is 8.95. The first kappa shape index (κ1) is 21.9. The lowest BCUT2D eigenvalue weighted by Crippen LogP contribution is -2.44. The molecule has 0 spiro atoms. The van der Waals surface area contributed by atoms with Gasteiger partial charge < -0.3 is 21.3 Å². The summed E-state index contributed by atoms with van der Waals surface area (Å²) in [6.07, 6.45) is 2.46. The number of anilines is 1. The highest BCUT2D eigenvalue weighted by Gasteiger charge is 2.30. The van der Waals surface area contributed by atoms with Gasteiger partial charge in [-0.2, -0.15) is 13.2 Å².